The quantitative estimate of drug-likeness (QED) is 0.337. The summed E-state index contributed by atoms with van der Waals surface area (Å²) in [4.78, 5) is 11.2. The number of carbonyl (C=O) groups is 1. The predicted octanol–water partition coefficient (Wildman–Crippen LogP) is 5.16. The highest BCUT2D eigenvalue weighted by Gasteiger charge is 2.91. The number of alkyl halides is 13. The van der Waals surface area contributed by atoms with Crippen LogP contribution in [0.4, 0.5) is 57.1 Å². The molecule has 0 aliphatic heterocycles. The van der Waals surface area contributed by atoms with E-state index in [-0.39, 0.29) is 11.7 Å². The van der Waals surface area contributed by atoms with E-state index in [1.807, 2.05) is 0 Å². The van der Waals surface area contributed by atoms with Crippen LogP contribution in [-0.4, -0.2) is 41.8 Å². The number of rotatable bonds is 7. The largest absolute Gasteiger partial charge is 0.460 e. The second-order valence-corrected chi connectivity index (χ2v) is 5.12. The highest BCUT2D eigenvalue weighted by atomic mass is 19.4. The van der Waals surface area contributed by atoms with Crippen LogP contribution < -0.4 is 5.32 Å². The van der Waals surface area contributed by atoms with Crippen molar-refractivity contribution < 1.29 is 61.9 Å². The average Bonchev–Trinajstić information content (AvgIpc) is 2.44. The van der Waals surface area contributed by atoms with Crippen LogP contribution in [0.3, 0.4) is 0 Å². The third-order valence-corrected chi connectivity index (χ3v) is 3.07. The maximum Gasteiger partial charge on any atom is 0.460 e. The maximum absolute atomic E-state index is 13.3. The zero-order valence-electron chi connectivity index (χ0n) is 13.1. The van der Waals surface area contributed by atoms with Gasteiger partial charge < -0.3 is 0 Å². The van der Waals surface area contributed by atoms with Crippen molar-refractivity contribution in [2.75, 3.05) is 0 Å². The molecule has 1 amide bonds. The summed E-state index contributed by atoms with van der Waals surface area (Å²) in [5.74, 6) is -33.4. The van der Waals surface area contributed by atoms with Crippen LogP contribution in [0.2, 0.25) is 0 Å². The maximum atomic E-state index is 13.3. The standard InChI is InChI=1S/C12H10F13NO/c1-3-4-5(2)6(27)26-12(24,25)10(19,20)8(15,16)7(13,14)9(17,18)11(21,22)23/h4H,3H2,1-2H3,(H,26,27). The first-order chi connectivity index (χ1) is 11.6. The molecule has 0 aliphatic rings. The second-order valence-electron chi connectivity index (χ2n) is 5.12. The molecule has 0 aliphatic carbocycles. The van der Waals surface area contributed by atoms with Crippen molar-refractivity contribution >= 4 is 5.91 Å². The van der Waals surface area contributed by atoms with Crippen LogP contribution in [0.15, 0.2) is 11.6 Å². The van der Waals surface area contributed by atoms with Gasteiger partial charge in [0, 0.05) is 5.57 Å². The molecule has 0 unspecified atom stereocenters. The number of hydrogen-bond acceptors (Lipinski definition) is 1. The van der Waals surface area contributed by atoms with Gasteiger partial charge in [-0.15, -0.1) is 0 Å². The van der Waals surface area contributed by atoms with Crippen LogP contribution >= 0.6 is 0 Å². The van der Waals surface area contributed by atoms with E-state index in [0.29, 0.717) is 0 Å². The summed E-state index contributed by atoms with van der Waals surface area (Å²) >= 11 is 0. The molecule has 0 saturated carbocycles. The Morgan fingerprint density at radius 1 is 0.741 bits per heavy atom. The van der Waals surface area contributed by atoms with Crippen molar-refractivity contribution in [3.63, 3.8) is 0 Å². The van der Waals surface area contributed by atoms with Gasteiger partial charge in [0.25, 0.3) is 5.91 Å². The molecule has 0 aromatic heterocycles. The van der Waals surface area contributed by atoms with E-state index >= 15 is 0 Å². The van der Waals surface area contributed by atoms with Crippen molar-refractivity contribution in [2.45, 2.75) is 56.2 Å². The van der Waals surface area contributed by atoms with Crippen molar-refractivity contribution in [3.05, 3.63) is 11.6 Å². The smallest absolute Gasteiger partial charge is 0.288 e. The van der Waals surface area contributed by atoms with Crippen LogP contribution in [0.1, 0.15) is 20.3 Å². The van der Waals surface area contributed by atoms with Crippen molar-refractivity contribution in [2.24, 2.45) is 0 Å². The Kier molecular flexibility index (Phi) is 6.59. The summed E-state index contributed by atoms with van der Waals surface area (Å²) < 4.78 is 166. The molecule has 0 spiro atoms. The van der Waals surface area contributed by atoms with Crippen molar-refractivity contribution in [1.82, 2.24) is 5.32 Å². The van der Waals surface area contributed by atoms with Gasteiger partial charge in [-0.25, -0.2) is 0 Å². The minimum atomic E-state index is -8.00. The first-order valence-electron chi connectivity index (χ1n) is 6.56. The topological polar surface area (TPSA) is 29.1 Å². The highest BCUT2D eigenvalue weighted by Crippen LogP contribution is 2.59. The number of hydrogen-bond donors (Lipinski definition) is 1. The Bertz CT molecular complexity index is 591. The van der Waals surface area contributed by atoms with Gasteiger partial charge in [-0.05, 0) is 13.3 Å². The van der Waals surface area contributed by atoms with E-state index in [1.54, 1.807) is 0 Å². The molecule has 0 saturated heterocycles. The first kappa shape index (κ1) is 25.3. The fourth-order valence-corrected chi connectivity index (χ4v) is 1.49. The van der Waals surface area contributed by atoms with Crippen molar-refractivity contribution in [3.8, 4) is 0 Å². The van der Waals surface area contributed by atoms with E-state index in [2.05, 4.69) is 0 Å². The molecule has 0 atom stereocenters. The number of allylic oxidation sites excluding steroid dienone is 1. The summed E-state index contributed by atoms with van der Waals surface area (Å²) in [5, 5.41) is -0.0805. The van der Waals surface area contributed by atoms with Gasteiger partial charge in [-0.1, -0.05) is 13.0 Å². The van der Waals surface area contributed by atoms with Gasteiger partial charge in [0.05, 0.1) is 0 Å². The van der Waals surface area contributed by atoms with E-state index in [4.69, 9.17) is 0 Å². The predicted molar refractivity (Wildman–Crippen MR) is 63.0 cm³/mol. The normalized spacial score (nSPS) is 15.7. The molecule has 0 rings (SSSR count). The fraction of sp³-hybridized carbons (Fsp3) is 0.750. The molecule has 0 heterocycles. The molecular weight excluding hydrogens is 421 g/mol. The Labute approximate surface area is 142 Å². The van der Waals surface area contributed by atoms with Gasteiger partial charge in [-0.2, -0.15) is 57.1 Å². The zero-order valence-corrected chi connectivity index (χ0v) is 13.1. The molecule has 0 aromatic carbocycles. The number of nitrogens with one attached hydrogen (secondary N) is 1. The lowest BCUT2D eigenvalue weighted by atomic mass is 9.96. The summed E-state index contributed by atoms with van der Waals surface area (Å²) in [6, 6.07) is -6.62. The molecule has 2 nitrogen and oxygen atoms in total. The highest BCUT2D eigenvalue weighted by molar-refractivity contribution is 5.93. The van der Waals surface area contributed by atoms with E-state index in [1.165, 1.54) is 6.92 Å². The molecule has 27 heavy (non-hydrogen) atoms. The number of amides is 1. The molecule has 0 radical (unpaired) electrons. The van der Waals surface area contributed by atoms with E-state index in [9.17, 15) is 61.9 Å². The van der Waals surface area contributed by atoms with Crippen LogP contribution in [-0.2, 0) is 4.79 Å². The Morgan fingerprint density at radius 3 is 1.44 bits per heavy atom. The van der Waals surface area contributed by atoms with Gasteiger partial charge in [0.15, 0.2) is 0 Å². The Balaban J connectivity index is 6.16. The van der Waals surface area contributed by atoms with E-state index in [0.717, 1.165) is 13.0 Å². The van der Waals surface area contributed by atoms with Crippen LogP contribution in [0, 0.1) is 0 Å². The Morgan fingerprint density at radius 2 is 1.11 bits per heavy atom. The SMILES string of the molecule is CCC=C(C)C(=O)NC(F)(F)C(F)(F)C(F)(F)C(F)(F)C(F)(F)C(F)(F)F. The summed E-state index contributed by atoms with van der Waals surface area (Å²) in [7, 11) is 0. The zero-order chi connectivity index (χ0) is 22.3. The number of carbonyl (C=O) groups excluding carboxylic acids is 1. The summed E-state index contributed by atoms with van der Waals surface area (Å²) in [5.41, 5.74) is -0.774. The lowest BCUT2D eigenvalue weighted by Crippen LogP contribution is -2.72. The molecule has 0 fully saturated rings. The van der Waals surface area contributed by atoms with Gasteiger partial charge >= 0.3 is 35.9 Å². The minimum Gasteiger partial charge on any atom is -0.288 e. The van der Waals surface area contributed by atoms with Gasteiger partial charge in [0.1, 0.15) is 0 Å². The fourth-order valence-electron chi connectivity index (χ4n) is 1.49. The minimum absolute atomic E-state index is 0.0484. The third kappa shape index (κ3) is 3.95. The van der Waals surface area contributed by atoms with Gasteiger partial charge in [-0.3, -0.25) is 10.1 Å². The van der Waals surface area contributed by atoms with Crippen LogP contribution in [0.5, 0.6) is 0 Å². The summed E-state index contributed by atoms with van der Waals surface area (Å²) in [6.45, 7) is 2.04. The molecule has 0 bridgehead atoms. The molecule has 15 heteroatoms. The average molecular weight is 431 g/mol. The second kappa shape index (κ2) is 7.04. The molecule has 160 valence electrons. The molecule has 1 N–H and O–H groups in total. The van der Waals surface area contributed by atoms with Crippen LogP contribution in [0.25, 0.3) is 0 Å². The van der Waals surface area contributed by atoms with Crippen molar-refractivity contribution in [1.29, 1.82) is 0 Å². The lowest BCUT2D eigenvalue weighted by molar-refractivity contribution is -0.441. The molecule has 0 aromatic rings. The lowest BCUT2D eigenvalue weighted by Gasteiger charge is -2.39. The monoisotopic (exact) mass is 431 g/mol. The van der Waals surface area contributed by atoms with Gasteiger partial charge in [0.2, 0.25) is 0 Å². The summed E-state index contributed by atoms with van der Waals surface area (Å²) in [6.07, 6.45) is -6.71. The Hall–Kier alpha value is -1.70. The third-order valence-electron chi connectivity index (χ3n) is 3.07. The first-order valence-corrected chi connectivity index (χ1v) is 6.56. The number of halogens is 13. The molecular formula is C12H10F13NO. The van der Waals surface area contributed by atoms with E-state index < -0.39 is 47.4 Å².